The van der Waals surface area contributed by atoms with E-state index in [0.717, 1.165) is 50.1 Å². The lowest BCUT2D eigenvalue weighted by atomic mass is 10.1. The van der Waals surface area contributed by atoms with Gasteiger partial charge in [-0.15, -0.1) is 0 Å². The molecule has 0 unspecified atom stereocenters. The van der Waals surface area contributed by atoms with Crippen LogP contribution >= 0.6 is 11.8 Å². The van der Waals surface area contributed by atoms with Crippen LogP contribution in [0.3, 0.4) is 0 Å². The van der Waals surface area contributed by atoms with Gasteiger partial charge in [0.05, 0.1) is 31.3 Å². The van der Waals surface area contributed by atoms with Crippen LogP contribution in [-0.4, -0.2) is 68.6 Å². The van der Waals surface area contributed by atoms with E-state index in [4.69, 9.17) is 9.47 Å². The van der Waals surface area contributed by atoms with E-state index in [1.165, 1.54) is 17.4 Å². The summed E-state index contributed by atoms with van der Waals surface area (Å²) in [7, 11) is 0. The van der Waals surface area contributed by atoms with Crippen LogP contribution in [0, 0.1) is 0 Å². The first-order valence-electron chi connectivity index (χ1n) is 8.58. The van der Waals surface area contributed by atoms with Gasteiger partial charge in [0.1, 0.15) is 0 Å². The van der Waals surface area contributed by atoms with Gasteiger partial charge in [0.15, 0.2) is 5.17 Å². The number of amides is 1. The predicted molar refractivity (Wildman–Crippen MR) is 99.9 cm³/mol. The Morgan fingerprint density at radius 1 is 0.920 bits per heavy atom. The fourth-order valence-corrected chi connectivity index (χ4v) is 4.01. The Balaban J connectivity index is 1.43. The van der Waals surface area contributed by atoms with Crippen molar-refractivity contribution >= 4 is 34.6 Å². The Hall–Kier alpha value is -1.83. The molecule has 132 valence electrons. The number of amidine groups is 1. The summed E-state index contributed by atoms with van der Waals surface area (Å²) in [6.07, 6.45) is 1.92. The van der Waals surface area contributed by atoms with Crippen molar-refractivity contribution in [3.05, 3.63) is 34.7 Å². The molecule has 0 saturated carbocycles. The van der Waals surface area contributed by atoms with Gasteiger partial charge in [-0.3, -0.25) is 4.79 Å². The van der Waals surface area contributed by atoms with E-state index in [9.17, 15) is 4.79 Å². The van der Waals surface area contributed by atoms with E-state index in [1.54, 1.807) is 0 Å². The van der Waals surface area contributed by atoms with Crippen LogP contribution in [0.15, 0.2) is 34.2 Å². The lowest BCUT2D eigenvalue weighted by Crippen LogP contribution is -2.38. The first-order chi connectivity index (χ1) is 12.3. The number of hydrogen-bond acceptors (Lipinski definition) is 6. The van der Waals surface area contributed by atoms with Gasteiger partial charge in [0.25, 0.3) is 5.91 Å². The Morgan fingerprint density at radius 3 is 2.16 bits per heavy atom. The zero-order valence-electron chi connectivity index (χ0n) is 14.0. The number of ether oxygens (including phenoxy) is 2. The number of morpholine rings is 2. The van der Waals surface area contributed by atoms with E-state index in [-0.39, 0.29) is 5.91 Å². The van der Waals surface area contributed by atoms with Gasteiger partial charge in [-0.2, -0.15) is 4.99 Å². The largest absolute Gasteiger partial charge is 0.378 e. The molecule has 0 aliphatic carbocycles. The van der Waals surface area contributed by atoms with Gasteiger partial charge in [-0.1, -0.05) is 12.1 Å². The number of carbonyl (C=O) groups is 1. The molecule has 3 aliphatic heterocycles. The second kappa shape index (κ2) is 7.59. The maximum atomic E-state index is 12.2. The molecule has 2 saturated heterocycles. The van der Waals surface area contributed by atoms with Crippen molar-refractivity contribution in [1.29, 1.82) is 0 Å². The van der Waals surface area contributed by atoms with Crippen molar-refractivity contribution in [3.8, 4) is 0 Å². The summed E-state index contributed by atoms with van der Waals surface area (Å²) >= 11 is 1.46. The highest BCUT2D eigenvalue weighted by Gasteiger charge is 2.27. The van der Waals surface area contributed by atoms with Crippen LogP contribution in [0.4, 0.5) is 5.69 Å². The first kappa shape index (κ1) is 16.6. The average Bonchev–Trinajstić information content (AvgIpc) is 3.04. The number of benzene rings is 1. The molecule has 0 spiro atoms. The number of aliphatic imine (C=N–C) groups is 1. The Labute approximate surface area is 151 Å². The number of thioether (sulfide) groups is 1. The Bertz CT molecular complexity index is 690. The number of nitrogens with zero attached hydrogens (tertiary/aromatic N) is 3. The normalized spacial score (nSPS) is 23.3. The second-order valence-electron chi connectivity index (χ2n) is 6.10. The highest BCUT2D eigenvalue weighted by atomic mass is 32.2. The van der Waals surface area contributed by atoms with Crippen LogP contribution in [0.2, 0.25) is 0 Å². The lowest BCUT2D eigenvalue weighted by Gasteiger charge is -2.28. The molecule has 0 N–H and O–H groups in total. The number of anilines is 1. The minimum Gasteiger partial charge on any atom is -0.378 e. The van der Waals surface area contributed by atoms with Crippen molar-refractivity contribution in [2.75, 3.05) is 57.5 Å². The highest BCUT2D eigenvalue weighted by molar-refractivity contribution is 8.18. The fourth-order valence-electron chi connectivity index (χ4n) is 3.04. The third kappa shape index (κ3) is 3.89. The van der Waals surface area contributed by atoms with Crippen molar-refractivity contribution in [2.24, 2.45) is 4.99 Å². The highest BCUT2D eigenvalue weighted by Crippen LogP contribution is 2.31. The lowest BCUT2D eigenvalue weighted by molar-refractivity contribution is -0.113. The van der Waals surface area contributed by atoms with Crippen LogP contribution in [-0.2, 0) is 14.3 Å². The summed E-state index contributed by atoms with van der Waals surface area (Å²) < 4.78 is 10.7. The molecule has 3 heterocycles. The SMILES string of the molecule is O=C1N=C(N2CCOCC2)S/C1=C/c1ccc(N2CCOCC2)cc1. The molecule has 3 aliphatic rings. The molecule has 0 aromatic heterocycles. The van der Waals surface area contributed by atoms with E-state index < -0.39 is 0 Å². The summed E-state index contributed by atoms with van der Waals surface area (Å²) in [5, 5.41) is 0.796. The zero-order valence-corrected chi connectivity index (χ0v) is 14.8. The summed E-state index contributed by atoms with van der Waals surface area (Å²) in [4.78, 5) is 21.5. The number of hydrogen-bond donors (Lipinski definition) is 0. The summed E-state index contributed by atoms with van der Waals surface area (Å²) in [6, 6.07) is 8.31. The smallest absolute Gasteiger partial charge is 0.286 e. The van der Waals surface area contributed by atoms with Gasteiger partial charge < -0.3 is 19.3 Å². The summed E-state index contributed by atoms with van der Waals surface area (Å²) in [5.41, 5.74) is 2.22. The first-order valence-corrected chi connectivity index (χ1v) is 9.39. The molecular formula is C18H21N3O3S. The molecule has 4 rings (SSSR count). The third-order valence-corrected chi connectivity index (χ3v) is 5.50. The molecule has 2 fully saturated rings. The van der Waals surface area contributed by atoms with Gasteiger partial charge in [0.2, 0.25) is 0 Å². The standard InChI is InChI=1S/C18H21N3O3S/c22-17-16(25-18(19-17)21-7-11-24-12-8-21)13-14-1-3-15(4-2-14)20-5-9-23-10-6-20/h1-4,13H,5-12H2/b16-13+. The second-order valence-corrected chi connectivity index (χ2v) is 7.11. The molecule has 6 nitrogen and oxygen atoms in total. The number of rotatable bonds is 2. The van der Waals surface area contributed by atoms with Crippen LogP contribution in [0.1, 0.15) is 5.56 Å². The predicted octanol–water partition coefficient (Wildman–Crippen LogP) is 1.83. The molecule has 1 aromatic carbocycles. The molecule has 25 heavy (non-hydrogen) atoms. The molecule has 0 bridgehead atoms. The summed E-state index contributed by atoms with van der Waals surface area (Å²) in [6.45, 7) is 6.36. The van der Waals surface area contributed by atoms with Crippen LogP contribution in [0.25, 0.3) is 6.08 Å². The average molecular weight is 359 g/mol. The van der Waals surface area contributed by atoms with Crippen molar-refractivity contribution < 1.29 is 14.3 Å². The monoisotopic (exact) mass is 359 g/mol. The quantitative estimate of drug-likeness (QED) is 0.751. The topological polar surface area (TPSA) is 54.4 Å². The number of carbonyl (C=O) groups excluding carboxylic acids is 1. The molecule has 0 radical (unpaired) electrons. The molecule has 7 heteroatoms. The zero-order chi connectivity index (χ0) is 17.1. The van der Waals surface area contributed by atoms with E-state index in [0.29, 0.717) is 18.1 Å². The van der Waals surface area contributed by atoms with Gasteiger partial charge in [0, 0.05) is 31.9 Å². The summed E-state index contributed by atoms with van der Waals surface area (Å²) in [5.74, 6) is -0.149. The molecular weight excluding hydrogens is 338 g/mol. The van der Waals surface area contributed by atoms with Crippen molar-refractivity contribution in [2.45, 2.75) is 0 Å². The van der Waals surface area contributed by atoms with E-state index >= 15 is 0 Å². The Morgan fingerprint density at radius 2 is 1.52 bits per heavy atom. The molecule has 0 atom stereocenters. The minimum absolute atomic E-state index is 0.149. The maximum Gasteiger partial charge on any atom is 0.286 e. The Kier molecular flexibility index (Phi) is 5.05. The van der Waals surface area contributed by atoms with E-state index in [2.05, 4.69) is 39.1 Å². The van der Waals surface area contributed by atoms with Crippen LogP contribution < -0.4 is 4.90 Å². The molecule has 1 aromatic rings. The maximum absolute atomic E-state index is 12.2. The fraction of sp³-hybridized carbons (Fsp3) is 0.444. The van der Waals surface area contributed by atoms with E-state index in [1.807, 2.05) is 6.08 Å². The van der Waals surface area contributed by atoms with Gasteiger partial charge in [-0.05, 0) is 35.5 Å². The third-order valence-electron chi connectivity index (χ3n) is 4.46. The molecule has 1 amide bonds. The van der Waals surface area contributed by atoms with Crippen LogP contribution in [0.5, 0.6) is 0 Å². The van der Waals surface area contributed by atoms with Gasteiger partial charge in [-0.25, -0.2) is 0 Å². The minimum atomic E-state index is -0.149. The van der Waals surface area contributed by atoms with Crippen molar-refractivity contribution in [1.82, 2.24) is 4.90 Å². The van der Waals surface area contributed by atoms with Gasteiger partial charge >= 0.3 is 0 Å². The van der Waals surface area contributed by atoms with Crippen molar-refractivity contribution in [3.63, 3.8) is 0 Å².